The summed E-state index contributed by atoms with van der Waals surface area (Å²) in [7, 11) is 0. The van der Waals surface area contributed by atoms with Crippen LogP contribution in [0.25, 0.3) is 10.9 Å². The van der Waals surface area contributed by atoms with E-state index in [1.54, 1.807) is 0 Å². The number of para-hydroxylation sites is 1. The summed E-state index contributed by atoms with van der Waals surface area (Å²) in [5.41, 5.74) is 10.1. The molecule has 0 bridgehead atoms. The first-order valence-electron chi connectivity index (χ1n) is 9.01. The van der Waals surface area contributed by atoms with Crippen LogP contribution in [-0.2, 0) is 11.2 Å². The maximum atomic E-state index is 11.3. The first-order chi connectivity index (χ1) is 11.6. The zero-order valence-corrected chi connectivity index (χ0v) is 14.6. The van der Waals surface area contributed by atoms with E-state index in [0.717, 1.165) is 49.9 Å². The molecule has 3 N–H and O–H groups in total. The van der Waals surface area contributed by atoms with Gasteiger partial charge in [-0.05, 0) is 56.6 Å². The number of primary amides is 1. The van der Waals surface area contributed by atoms with E-state index in [9.17, 15) is 4.79 Å². The van der Waals surface area contributed by atoms with Gasteiger partial charge in [-0.25, -0.2) is 0 Å². The Hall–Kier alpha value is -2.10. The number of hydrogen-bond acceptors (Lipinski definition) is 3. The van der Waals surface area contributed by atoms with Crippen molar-refractivity contribution in [2.24, 2.45) is 17.6 Å². The Balaban J connectivity index is 1.77. The molecule has 24 heavy (non-hydrogen) atoms. The molecule has 0 unspecified atom stereocenters. The number of hydrogen-bond donors (Lipinski definition) is 2. The van der Waals surface area contributed by atoms with E-state index in [4.69, 9.17) is 10.7 Å². The Kier molecular flexibility index (Phi) is 5.03. The van der Waals surface area contributed by atoms with E-state index in [0.29, 0.717) is 5.92 Å². The first-order valence-corrected chi connectivity index (χ1v) is 9.01. The van der Waals surface area contributed by atoms with Crippen LogP contribution in [0.4, 0.5) is 5.69 Å². The average Bonchev–Trinajstić information content (AvgIpc) is 2.59. The van der Waals surface area contributed by atoms with Crippen LogP contribution in [0, 0.1) is 18.8 Å². The number of nitrogens with zero attached hydrogens (tertiary/aromatic N) is 1. The number of anilines is 1. The van der Waals surface area contributed by atoms with Crippen molar-refractivity contribution in [1.29, 1.82) is 0 Å². The normalized spacial score (nSPS) is 20.9. The van der Waals surface area contributed by atoms with Gasteiger partial charge in [-0.3, -0.25) is 9.78 Å². The Morgan fingerprint density at radius 3 is 2.62 bits per heavy atom. The third kappa shape index (κ3) is 3.37. The smallest absolute Gasteiger partial charge is 0.220 e. The highest BCUT2D eigenvalue weighted by atomic mass is 16.1. The van der Waals surface area contributed by atoms with Crippen LogP contribution < -0.4 is 11.1 Å². The maximum absolute atomic E-state index is 11.3. The molecule has 0 saturated heterocycles. The van der Waals surface area contributed by atoms with E-state index < -0.39 is 0 Å². The maximum Gasteiger partial charge on any atom is 0.220 e. The minimum atomic E-state index is -0.134. The van der Waals surface area contributed by atoms with Crippen molar-refractivity contribution in [3.63, 3.8) is 0 Å². The number of nitrogens with one attached hydrogen (secondary N) is 1. The molecule has 1 fully saturated rings. The van der Waals surface area contributed by atoms with E-state index in [2.05, 4.69) is 37.4 Å². The lowest BCUT2D eigenvalue weighted by atomic mass is 9.81. The molecule has 0 atom stereocenters. The number of aryl methyl sites for hydroxylation is 1. The fourth-order valence-electron chi connectivity index (χ4n) is 3.91. The van der Waals surface area contributed by atoms with Crippen LogP contribution >= 0.6 is 0 Å². The Morgan fingerprint density at radius 1 is 1.25 bits per heavy atom. The van der Waals surface area contributed by atoms with Crippen molar-refractivity contribution >= 4 is 22.5 Å². The van der Waals surface area contributed by atoms with Gasteiger partial charge >= 0.3 is 0 Å². The molecule has 4 heteroatoms. The highest BCUT2D eigenvalue weighted by Gasteiger charge is 2.24. The molecule has 1 aliphatic rings. The highest BCUT2D eigenvalue weighted by molar-refractivity contribution is 5.93. The summed E-state index contributed by atoms with van der Waals surface area (Å²) < 4.78 is 0. The molecule has 4 nitrogen and oxygen atoms in total. The number of carbonyl (C=O) groups is 1. The van der Waals surface area contributed by atoms with Crippen LogP contribution in [0.2, 0.25) is 0 Å². The lowest BCUT2D eigenvalue weighted by Gasteiger charge is -2.27. The van der Waals surface area contributed by atoms with Gasteiger partial charge < -0.3 is 11.1 Å². The molecule has 0 radical (unpaired) electrons. The topological polar surface area (TPSA) is 68.0 Å². The van der Waals surface area contributed by atoms with Gasteiger partial charge in [0.05, 0.1) is 5.52 Å². The summed E-state index contributed by atoms with van der Waals surface area (Å²) in [5.74, 6) is 0.555. The van der Waals surface area contributed by atoms with E-state index in [1.807, 2.05) is 6.07 Å². The fourth-order valence-corrected chi connectivity index (χ4v) is 3.91. The van der Waals surface area contributed by atoms with E-state index in [1.165, 1.54) is 16.6 Å². The number of carbonyl (C=O) groups excluding carboxylic acids is 1. The minimum Gasteiger partial charge on any atom is -0.384 e. The molecular weight excluding hydrogens is 298 g/mol. The van der Waals surface area contributed by atoms with Crippen molar-refractivity contribution in [1.82, 2.24) is 4.98 Å². The predicted molar refractivity (Wildman–Crippen MR) is 99.0 cm³/mol. The molecule has 1 aromatic carbocycles. The summed E-state index contributed by atoms with van der Waals surface area (Å²) in [4.78, 5) is 16.0. The highest BCUT2D eigenvalue weighted by Crippen LogP contribution is 2.32. The van der Waals surface area contributed by atoms with Gasteiger partial charge in [0.1, 0.15) is 0 Å². The molecule has 1 aliphatic carbocycles. The van der Waals surface area contributed by atoms with Crippen molar-refractivity contribution in [3.8, 4) is 0 Å². The second-order valence-electron chi connectivity index (χ2n) is 6.92. The average molecular weight is 325 g/mol. The lowest BCUT2D eigenvalue weighted by Crippen LogP contribution is -2.29. The SMILES string of the molecule is CCc1c(C)nc2ccccc2c1NCC1CCC(C(N)=O)CC1. The first kappa shape index (κ1) is 16.7. The Morgan fingerprint density at radius 2 is 1.96 bits per heavy atom. The van der Waals surface area contributed by atoms with Gasteiger partial charge in [0.15, 0.2) is 0 Å². The van der Waals surface area contributed by atoms with Crippen molar-refractivity contribution in [2.75, 3.05) is 11.9 Å². The van der Waals surface area contributed by atoms with Crippen LogP contribution in [0.1, 0.15) is 43.9 Å². The van der Waals surface area contributed by atoms with Crippen LogP contribution in [0.5, 0.6) is 0 Å². The van der Waals surface area contributed by atoms with Gasteiger partial charge in [0.2, 0.25) is 5.91 Å². The number of benzene rings is 1. The lowest BCUT2D eigenvalue weighted by molar-refractivity contribution is -0.122. The van der Waals surface area contributed by atoms with E-state index >= 15 is 0 Å². The summed E-state index contributed by atoms with van der Waals surface area (Å²) in [6.07, 6.45) is 4.98. The number of amides is 1. The third-order valence-corrected chi connectivity index (χ3v) is 5.37. The number of fused-ring (bicyclic) bond motifs is 1. The molecule has 1 amide bonds. The quantitative estimate of drug-likeness (QED) is 0.878. The number of rotatable bonds is 5. The zero-order chi connectivity index (χ0) is 17.1. The third-order valence-electron chi connectivity index (χ3n) is 5.37. The fraction of sp³-hybridized carbons (Fsp3) is 0.500. The summed E-state index contributed by atoms with van der Waals surface area (Å²) in [6.45, 7) is 5.22. The second kappa shape index (κ2) is 7.20. The Labute approximate surface area is 143 Å². The second-order valence-corrected chi connectivity index (χ2v) is 6.92. The zero-order valence-electron chi connectivity index (χ0n) is 14.6. The predicted octanol–water partition coefficient (Wildman–Crippen LogP) is 3.81. The van der Waals surface area contributed by atoms with Gasteiger partial charge in [-0.1, -0.05) is 25.1 Å². The molecule has 0 aliphatic heterocycles. The van der Waals surface area contributed by atoms with Crippen molar-refractivity contribution in [3.05, 3.63) is 35.5 Å². The summed E-state index contributed by atoms with van der Waals surface area (Å²) >= 11 is 0. The van der Waals surface area contributed by atoms with Crippen LogP contribution in [-0.4, -0.2) is 17.4 Å². The van der Waals surface area contributed by atoms with Gasteiger partial charge in [0, 0.05) is 29.2 Å². The molecule has 128 valence electrons. The van der Waals surface area contributed by atoms with Gasteiger partial charge in [-0.15, -0.1) is 0 Å². The van der Waals surface area contributed by atoms with Crippen LogP contribution in [0.15, 0.2) is 24.3 Å². The van der Waals surface area contributed by atoms with E-state index in [-0.39, 0.29) is 11.8 Å². The monoisotopic (exact) mass is 325 g/mol. The number of pyridine rings is 1. The minimum absolute atomic E-state index is 0.0800. The largest absolute Gasteiger partial charge is 0.384 e. The number of nitrogens with two attached hydrogens (primary N) is 1. The molecule has 1 saturated carbocycles. The molecule has 1 heterocycles. The summed E-state index contributed by atoms with van der Waals surface area (Å²) in [6, 6.07) is 8.33. The van der Waals surface area contributed by atoms with Gasteiger partial charge in [0.25, 0.3) is 0 Å². The molecule has 3 rings (SSSR count). The molecule has 1 aromatic heterocycles. The molecule has 0 spiro atoms. The number of aromatic nitrogens is 1. The van der Waals surface area contributed by atoms with Crippen molar-refractivity contribution in [2.45, 2.75) is 46.0 Å². The van der Waals surface area contributed by atoms with Gasteiger partial charge in [-0.2, -0.15) is 0 Å². The Bertz CT molecular complexity index is 733. The van der Waals surface area contributed by atoms with Crippen LogP contribution in [0.3, 0.4) is 0 Å². The van der Waals surface area contributed by atoms with Crippen molar-refractivity contribution < 1.29 is 4.79 Å². The summed E-state index contributed by atoms with van der Waals surface area (Å²) in [5, 5.41) is 4.91. The molecular formula is C20H27N3O. The standard InChI is InChI=1S/C20H27N3O/c1-3-16-13(2)23-18-7-5-4-6-17(18)19(16)22-12-14-8-10-15(11-9-14)20(21)24/h4-7,14-15H,3,8-12H2,1-2H3,(H2,21,24)(H,22,23). The molecule has 2 aromatic rings.